The Balaban J connectivity index is 5.58. The zero-order valence-corrected chi connectivity index (χ0v) is 16.7. The van der Waals surface area contributed by atoms with Crippen molar-refractivity contribution < 1.29 is 38.1 Å². The molecule has 0 amide bonds. The molecule has 0 radical (unpaired) electrons. The van der Waals surface area contributed by atoms with Gasteiger partial charge < -0.3 is 18.9 Å². The highest BCUT2D eigenvalue weighted by molar-refractivity contribution is 5.89. The molecule has 8 nitrogen and oxygen atoms in total. The zero-order valence-electron chi connectivity index (χ0n) is 16.7. The average Bonchev–Trinajstić information content (AvgIpc) is 2.60. The molecule has 2 atom stereocenters. The number of esters is 4. The molecule has 0 aliphatic heterocycles. The van der Waals surface area contributed by atoms with Crippen LogP contribution in [0.1, 0.15) is 27.7 Å². The maximum atomic E-state index is 11.9. The second-order valence-corrected chi connectivity index (χ2v) is 6.21. The van der Waals surface area contributed by atoms with Gasteiger partial charge in [-0.05, 0) is 27.7 Å². The summed E-state index contributed by atoms with van der Waals surface area (Å²) in [5.41, 5.74) is 0.378. The minimum Gasteiger partial charge on any atom is -0.458 e. The molecule has 28 heavy (non-hydrogen) atoms. The first kappa shape index (κ1) is 24.8. The molecular formula is C20H26O8. The smallest absolute Gasteiger partial charge is 0.333 e. The molecular weight excluding hydrogens is 368 g/mol. The van der Waals surface area contributed by atoms with Gasteiger partial charge in [0.15, 0.2) is 12.2 Å². The number of carbonyl (C=O) groups is 4. The third-order valence-corrected chi connectivity index (χ3v) is 3.08. The van der Waals surface area contributed by atoms with Gasteiger partial charge >= 0.3 is 23.9 Å². The summed E-state index contributed by atoms with van der Waals surface area (Å²) in [4.78, 5) is 47.2. The standard InChI is InChI=1S/C20H26O8/c1-11(2)17(21)25-9-15(27-19(23)13(5)6)16(28-20(24)14(7)8)10-26-18(22)12(3)4/h15-16H,1,3,5,7,9-10H2,2,4,6,8H3/t15-,16-/m1/s1. The van der Waals surface area contributed by atoms with Crippen LogP contribution >= 0.6 is 0 Å². The zero-order chi connectivity index (χ0) is 22.0. The van der Waals surface area contributed by atoms with E-state index in [1.165, 1.54) is 27.7 Å². The summed E-state index contributed by atoms with van der Waals surface area (Å²) >= 11 is 0. The molecule has 154 valence electrons. The summed E-state index contributed by atoms with van der Waals surface area (Å²) in [7, 11) is 0. The van der Waals surface area contributed by atoms with Crippen LogP contribution in [-0.2, 0) is 38.1 Å². The lowest BCUT2D eigenvalue weighted by Gasteiger charge is -2.26. The Morgan fingerprint density at radius 2 is 0.821 bits per heavy atom. The van der Waals surface area contributed by atoms with Crippen LogP contribution in [0.25, 0.3) is 0 Å². The Labute approximate surface area is 164 Å². The lowest BCUT2D eigenvalue weighted by molar-refractivity contribution is -0.177. The predicted molar refractivity (Wildman–Crippen MR) is 101 cm³/mol. The van der Waals surface area contributed by atoms with Gasteiger partial charge in [0.25, 0.3) is 0 Å². The fraction of sp³-hybridized carbons (Fsp3) is 0.400. The molecule has 0 aromatic carbocycles. The number of ether oxygens (including phenoxy) is 4. The van der Waals surface area contributed by atoms with Gasteiger partial charge in [-0.3, -0.25) is 0 Å². The molecule has 0 unspecified atom stereocenters. The Morgan fingerprint density at radius 3 is 1.04 bits per heavy atom. The van der Waals surface area contributed by atoms with E-state index in [-0.39, 0.29) is 22.3 Å². The summed E-state index contributed by atoms with van der Waals surface area (Å²) < 4.78 is 20.4. The van der Waals surface area contributed by atoms with Crippen molar-refractivity contribution in [3.63, 3.8) is 0 Å². The summed E-state index contributed by atoms with van der Waals surface area (Å²) in [6.45, 7) is 18.6. The second-order valence-electron chi connectivity index (χ2n) is 6.21. The third-order valence-electron chi connectivity index (χ3n) is 3.08. The maximum Gasteiger partial charge on any atom is 0.333 e. The molecule has 0 rings (SSSR count). The molecule has 0 aromatic rings. The van der Waals surface area contributed by atoms with E-state index >= 15 is 0 Å². The first-order chi connectivity index (χ1) is 12.9. The van der Waals surface area contributed by atoms with Crippen molar-refractivity contribution >= 4 is 23.9 Å². The van der Waals surface area contributed by atoms with Gasteiger partial charge in [-0.2, -0.15) is 0 Å². The van der Waals surface area contributed by atoms with Gasteiger partial charge in [0.2, 0.25) is 0 Å². The molecule has 0 N–H and O–H groups in total. The normalized spacial score (nSPS) is 12.0. The van der Waals surface area contributed by atoms with Crippen molar-refractivity contribution in [2.45, 2.75) is 39.9 Å². The van der Waals surface area contributed by atoms with E-state index in [1.807, 2.05) is 0 Å². The first-order valence-electron chi connectivity index (χ1n) is 8.25. The van der Waals surface area contributed by atoms with E-state index < -0.39 is 49.3 Å². The molecule has 0 heterocycles. The van der Waals surface area contributed by atoms with Crippen LogP contribution in [0.3, 0.4) is 0 Å². The van der Waals surface area contributed by atoms with Crippen molar-refractivity contribution in [3.05, 3.63) is 48.6 Å². The lowest BCUT2D eigenvalue weighted by Crippen LogP contribution is -2.42. The predicted octanol–water partition coefficient (Wildman–Crippen LogP) is 2.20. The van der Waals surface area contributed by atoms with Crippen LogP contribution in [0, 0.1) is 0 Å². The van der Waals surface area contributed by atoms with Gasteiger partial charge in [0.1, 0.15) is 13.2 Å². The molecule has 0 saturated heterocycles. The van der Waals surface area contributed by atoms with E-state index in [1.54, 1.807) is 0 Å². The molecule has 0 spiro atoms. The van der Waals surface area contributed by atoms with Crippen LogP contribution in [-0.4, -0.2) is 49.3 Å². The van der Waals surface area contributed by atoms with E-state index in [9.17, 15) is 19.2 Å². The van der Waals surface area contributed by atoms with E-state index in [4.69, 9.17) is 18.9 Å². The summed E-state index contributed by atoms with van der Waals surface area (Å²) in [6.07, 6.45) is -2.54. The second kappa shape index (κ2) is 11.5. The fourth-order valence-electron chi connectivity index (χ4n) is 1.47. The Bertz CT molecular complexity index is 641. The SMILES string of the molecule is C=C(C)C(=O)OC[C@@H](OC(=O)C(=C)C)[C@@H](COC(=O)C(=C)C)OC(=O)C(=C)C. The highest BCUT2D eigenvalue weighted by Crippen LogP contribution is 2.13. The van der Waals surface area contributed by atoms with Crippen molar-refractivity contribution in [2.24, 2.45) is 0 Å². The highest BCUT2D eigenvalue weighted by Gasteiger charge is 2.32. The molecule has 0 fully saturated rings. The third kappa shape index (κ3) is 8.98. The van der Waals surface area contributed by atoms with Crippen LogP contribution in [0.4, 0.5) is 0 Å². The minimum atomic E-state index is -1.27. The molecule has 0 saturated carbocycles. The molecule has 0 bridgehead atoms. The maximum absolute atomic E-state index is 11.9. The quantitative estimate of drug-likeness (QED) is 0.298. The van der Waals surface area contributed by atoms with Gasteiger partial charge in [0, 0.05) is 22.3 Å². The number of hydrogen-bond acceptors (Lipinski definition) is 8. The number of carbonyl (C=O) groups excluding carboxylic acids is 4. The molecule has 0 aliphatic rings. The van der Waals surface area contributed by atoms with E-state index in [0.29, 0.717) is 0 Å². The van der Waals surface area contributed by atoms with Crippen molar-refractivity contribution in [3.8, 4) is 0 Å². The van der Waals surface area contributed by atoms with Gasteiger partial charge in [-0.1, -0.05) is 26.3 Å². The summed E-state index contributed by atoms with van der Waals surface area (Å²) in [5, 5.41) is 0. The first-order valence-corrected chi connectivity index (χ1v) is 8.25. The highest BCUT2D eigenvalue weighted by atomic mass is 16.6. The van der Waals surface area contributed by atoms with Crippen LogP contribution < -0.4 is 0 Å². The average molecular weight is 394 g/mol. The molecule has 0 aromatic heterocycles. The largest absolute Gasteiger partial charge is 0.458 e. The van der Waals surface area contributed by atoms with Crippen molar-refractivity contribution in [1.82, 2.24) is 0 Å². The van der Waals surface area contributed by atoms with Gasteiger partial charge in [-0.25, -0.2) is 19.2 Å². The monoisotopic (exact) mass is 394 g/mol. The van der Waals surface area contributed by atoms with E-state index in [2.05, 4.69) is 26.3 Å². The Kier molecular flexibility index (Phi) is 10.2. The Hall–Kier alpha value is -3.16. The van der Waals surface area contributed by atoms with Gasteiger partial charge in [0.05, 0.1) is 0 Å². The van der Waals surface area contributed by atoms with Crippen LogP contribution in [0.5, 0.6) is 0 Å². The number of hydrogen-bond donors (Lipinski definition) is 0. The van der Waals surface area contributed by atoms with Crippen LogP contribution in [0.15, 0.2) is 48.6 Å². The minimum absolute atomic E-state index is 0.0696. The molecule has 0 aliphatic carbocycles. The van der Waals surface area contributed by atoms with Crippen molar-refractivity contribution in [2.75, 3.05) is 13.2 Å². The summed E-state index contributed by atoms with van der Waals surface area (Å²) in [6, 6.07) is 0. The topological polar surface area (TPSA) is 105 Å². The summed E-state index contributed by atoms with van der Waals surface area (Å²) in [5.74, 6) is -3.08. The molecule has 8 heteroatoms. The fourth-order valence-corrected chi connectivity index (χ4v) is 1.47. The number of rotatable bonds is 11. The van der Waals surface area contributed by atoms with Gasteiger partial charge in [-0.15, -0.1) is 0 Å². The van der Waals surface area contributed by atoms with Crippen LogP contribution in [0.2, 0.25) is 0 Å². The van der Waals surface area contributed by atoms with E-state index in [0.717, 1.165) is 0 Å². The van der Waals surface area contributed by atoms with Crippen molar-refractivity contribution in [1.29, 1.82) is 0 Å². The lowest BCUT2D eigenvalue weighted by atomic mass is 10.2. The Morgan fingerprint density at radius 1 is 0.571 bits per heavy atom.